The van der Waals surface area contributed by atoms with Gasteiger partial charge in [0.2, 0.25) is 5.91 Å². The maximum atomic E-state index is 12.2. The van der Waals surface area contributed by atoms with Gasteiger partial charge < -0.3 is 19.3 Å². The van der Waals surface area contributed by atoms with Crippen molar-refractivity contribution in [3.63, 3.8) is 0 Å². The Kier molecular flexibility index (Phi) is 4.18. The van der Waals surface area contributed by atoms with Crippen LogP contribution in [0.2, 0.25) is 0 Å². The van der Waals surface area contributed by atoms with Crippen LogP contribution in [0.5, 0.6) is 0 Å². The summed E-state index contributed by atoms with van der Waals surface area (Å²) in [5, 5.41) is 4.65. The van der Waals surface area contributed by atoms with Gasteiger partial charge in [-0.15, -0.1) is 0 Å². The molecule has 26 heavy (non-hydrogen) atoms. The van der Waals surface area contributed by atoms with Crippen LogP contribution in [-0.4, -0.2) is 20.4 Å². The van der Waals surface area contributed by atoms with Gasteiger partial charge in [-0.2, -0.15) is 0 Å². The number of amides is 1. The molecule has 4 rings (SSSR count). The summed E-state index contributed by atoms with van der Waals surface area (Å²) in [5.74, 6) is 1.15. The standard InChI is InChI=1S/C18H16N4O3S/c1-11-10-26-18(24)22(11)7-6-16(23)19-12-4-5-13-14(9-12)21-17(20-13)15-3-2-8-25-15/h2-5,8-10H,6-7H2,1H3,(H,19,23)(H,20,21). The number of aromatic amines is 1. The Bertz CT molecular complexity index is 1120. The summed E-state index contributed by atoms with van der Waals surface area (Å²) in [5.41, 5.74) is 3.14. The molecule has 132 valence electrons. The zero-order valence-electron chi connectivity index (χ0n) is 14.0. The van der Waals surface area contributed by atoms with E-state index in [1.54, 1.807) is 28.3 Å². The van der Waals surface area contributed by atoms with E-state index in [9.17, 15) is 9.59 Å². The van der Waals surface area contributed by atoms with Crippen LogP contribution in [0.15, 0.2) is 51.2 Å². The molecule has 2 N–H and O–H groups in total. The SMILES string of the molecule is Cc1csc(=O)n1CCC(=O)Nc1ccc2nc(-c3ccco3)[nH]c2c1. The topological polar surface area (TPSA) is 92.9 Å². The van der Waals surface area contributed by atoms with Crippen molar-refractivity contribution in [1.82, 2.24) is 14.5 Å². The van der Waals surface area contributed by atoms with Crippen LogP contribution in [0.1, 0.15) is 12.1 Å². The molecule has 3 aromatic heterocycles. The van der Waals surface area contributed by atoms with Crippen molar-refractivity contribution in [1.29, 1.82) is 0 Å². The lowest BCUT2D eigenvalue weighted by Crippen LogP contribution is -2.20. The molecule has 4 aromatic rings. The first kappa shape index (κ1) is 16.3. The molecule has 0 spiro atoms. The predicted molar refractivity (Wildman–Crippen MR) is 100 cm³/mol. The average Bonchev–Trinajstić information content (AvgIpc) is 3.33. The fourth-order valence-electron chi connectivity index (χ4n) is 2.73. The number of benzene rings is 1. The van der Waals surface area contributed by atoms with Gasteiger partial charge in [0.25, 0.3) is 0 Å². The minimum atomic E-state index is -0.146. The number of aryl methyl sites for hydroxylation is 1. The molecule has 3 heterocycles. The van der Waals surface area contributed by atoms with Crippen LogP contribution >= 0.6 is 11.3 Å². The van der Waals surface area contributed by atoms with Gasteiger partial charge in [-0.3, -0.25) is 9.59 Å². The normalized spacial score (nSPS) is 11.1. The Morgan fingerprint density at radius 3 is 3.00 bits per heavy atom. The molecule has 7 nitrogen and oxygen atoms in total. The van der Waals surface area contributed by atoms with Gasteiger partial charge in [-0.25, -0.2) is 4.98 Å². The monoisotopic (exact) mass is 368 g/mol. The molecule has 0 aliphatic carbocycles. The van der Waals surface area contributed by atoms with Crippen LogP contribution in [0.4, 0.5) is 5.69 Å². The zero-order chi connectivity index (χ0) is 18.1. The van der Waals surface area contributed by atoms with Crippen LogP contribution in [0, 0.1) is 6.92 Å². The Hall–Kier alpha value is -3.13. The molecule has 0 saturated heterocycles. The zero-order valence-corrected chi connectivity index (χ0v) is 14.8. The number of rotatable bonds is 5. The molecule has 0 aliphatic heterocycles. The number of hydrogen-bond donors (Lipinski definition) is 2. The highest BCUT2D eigenvalue weighted by Gasteiger charge is 2.10. The van der Waals surface area contributed by atoms with Gasteiger partial charge >= 0.3 is 4.87 Å². The molecule has 0 atom stereocenters. The van der Waals surface area contributed by atoms with Gasteiger partial charge in [-0.05, 0) is 37.3 Å². The van der Waals surface area contributed by atoms with Gasteiger partial charge in [0.05, 0.1) is 17.3 Å². The van der Waals surface area contributed by atoms with E-state index in [1.165, 1.54) is 0 Å². The first-order valence-electron chi connectivity index (χ1n) is 8.08. The number of H-pyrrole nitrogens is 1. The van der Waals surface area contributed by atoms with Crippen molar-refractivity contribution in [3.8, 4) is 11.6 Å². The maximum absolute atomic E-state index is 12.2. The number of aromatic nitrogens is 3. The highest BCUT2D eigenvalue weighted by molar-refractivity contribution is 7.07. The number of anilines is 1. The minimum absolute atomic E-state index is 0.0420. The molecule has 0 unspecified atom stereocenters. The molecule has 1 aromatic carbocycles. The number of furan rings is 1. The Morgan fingerprint density at radius 1 is 1.38 bits per heavy atom. The van der Waals surface area contributed by atoms with Crippen LogP contribution in [-0.2, 0) is 11.3 Å². The largest absolute Gasteiger partial charge is 0.461 e. The fraction of sp³-hybridized carbons (Fsp3) is 0.167. The van der Waals surface area contributed by atoms with Crippen LogP contribution < -0.4 is 10.2 Å². The summed E-state index contributed by atoms with van der Waals surface area (Å²) >= 11 is 1.15. The van der Waals surface area contributed by atoms with Crippen molar-refractivity contribution in [3.05, 3.63) is 57.3 Å². The summed E-state index contributed by atoms with van der Waals surface area (Å²) in [6, 6.07) is 9.09. The number of nitrogens with zero attached hydrogens (tertiary/aromatic N) is 2. The second kappa shape index (κ2) is 6.64. The number of fused-ring (bicyclic) bond motifs is 1. The lowest BCUT2D eigenvalue weighted by Gasteiger charge is -2.06. The summed E-state index contributed by atoms with van der Waals surface area (Å²) in [4.78, 5) is 31.5. The summed E-state index contributed by atoms with van der Waals surface area (Å²) < 4.78 is 6.95. The average molecular weight is 368 g/mol. The van der Waals surface area contributed by atoms with Crippen LogP contribution in [0.25, 0.3) is 22.6 Å². The van der Waals surface area contributed by atoms with Gasteiger partial charge in [-0.1, -0.05) is 11.3 Å². The van der Waals surface area contributed by atoms with Crippen molar-refractivity contribution in [2.45, 2.75) is 19.9 Å². The van der Waals surface area contributed by atoms with Gasteiger partial charge in [0.1, 0.15) is 0 Å². The number of carbonyl (C=O) groups is 1. The third kappa shape index (κ3) is 3.18. The number of nitrogens with one attached hydrogen (secondary N) is 2. The van der Waals surface area contributed by atoms with E-state index >= 15 is 0 Å². The Morgan fingerprint density at radius 2 is 2.27 bits per heavy atom. The summed E-state index contributed by atoms with van der Waals surface area (Å²) in [6.45, 7) is 2.23. The quantitative estimate of drug-likeness (QED) is 0.565. The third-order valence-electron chi connectivity index (χ3n) is 4.06. The molecule has 8 heteroatoms. The smallest absolute Gasteiger partial charge is 0.307 e. The fourth-order valence-corrected chi connectivity index (χ4v) is 3.49. The molecular weight excluding hydrogens is 352 g/mol. The second-order valence-corrected chi connectivity index (χ2v) is 6.71. The van der Waals surface area contributed by atoms with Crippen molar-refractivity contribution < 1.29 is 9.21 Å². The molecule has 0 aliphatic rings. The molecule has 1 amide bonds. The molecular formula is C18H16N4O3S. The summed E-state index contributed by atoms with van der Waals surface area (Å²) in [6.07, 6.45) is 1.82. The maximum Gasteiger partial charge on any atom is 0.307 e. The van der Waals surface area contributed by atoms with Crippen molar-refractivity contribution in [2.75, 3.05) is 5.32 Å². The van der Waals surface area contributed by atoms with E-state index in [-0.39, 0.29) is 17.2 Å². The highest BCUT2D eigenvalue weighted by atomic mass is 32.1. The highest BCUT2D eigenvalue weighted by Crippen LogP contribution is 2.23. The van der Waals surface area contributed by atoms with Crippen LogP contribution in [0.3, 0.4) is 0 Å². The van der Waals surface area contributed by atoms with E-state index in [0.29, 0.717) is 23.8 Å². The van der Waals surface area contributed by atoms with E-state index in [4.69, 9.17) is 4.42 Å². The van der Waals surface area contributed by atoms with E-state index < -0.39 is 0 Å². The van der Waals surface area contributed by atoms with Crippen molar-refractivity contribution >= 4 is 34.0 Å². The molecule has 0 bridgehead atoms. The molecule has 0 saturated carbocycles. The Balaban J connectivity index is 1.46. The van der Waals surface area contributed by atoms with Gasteiger partial charge in [0.15, 0.2) is 11.6 Å². The minimum Gasteiger partial charge on any atom is -0.461 e. The number of imidazole rings is 1. The summed E-state index contributed by atoms with van der Waals surface area (Å²) in [7, 11) is 0. The predicted octanol–water partition coefficient (Wildman–Crippen LogP) is 3.38. The second-order valence-electron chi connectivity index (χ2n) is 5.89. The van der Waals surface area contributed by atoms with E-state index in [2.05, 4.69) is 15.3 Å². The number of carbonyl (C=O) groups excluding carboxylic acids is 1. The molecule has 0 radical (unpaired) electrons. The van der Waals surface area contributed by atoms with Crippen molar-refractivity contribution in [2.24, 2.45) is 0 Å². The Labute approximate surface area is 152 Å². The van der Waals surface area contributed by atoms with E-state index in [1.807, 2.05) is 25.1 Å². The third-order valence-corrected chi connectivity index (χ3v) is 4.94. The lowest BCUT2D eigenvalue weighted by molar-refractivity contribution is -0.116. The lowest BCUT2D eigenvalue weighted by atomic mass is 10.2. The van der Waals surface area contributed by atoms with Gasteiger partial charge in [0, 0.05) is 29.7 Å². The first-order valence-corrected chi connectivity index (χ1v) is 8.96. The number of thiazole rings is 1. The number of hydrogen-bond acceptors (Lipinski definition) is 5. The van der Waals surface area contributed by atoms with E-state index in [0.717, 1.165) is 28.1 Å². The first-order chi connectivity index (χ1) is 12.6. The molecule has 0 fully saturated rings.